The van der Waals surface area contributed by atoms with Crippen LogP contribution in [0.5, 0.6) is 0 Å². The van der Waals surface area contributed by atoms with Crippen molar-refractivity contribution < 1.29 is 0 Å². The van der Waals surface area contributed by atoms with Gasteiger partial charge < -0.3 is 5.32 Å². The minimum absolute atomic E-state index is 0.282. The van der Waals surface area contributed by atoms with Crippen molar-refractivity contribution in [1.82, 2.24) is 10.2 Å². The van der Waals surface area contributed by atoms with Gasteiger partial charge in [-0.3, -0.25) is 4.90 Å². The summed E-state index contributed by atoms with van der Waals surface area (Å²) in [5, 5.41) is 3.58. The number of hydrogen-bond acceptors (Lipinski definition) is 2. The Morgan fingerprint density at radius 1 is 1.18 bits per heavy atom. The number of rotatable bonds is 6. The molecule has 0 aromatic rings. The fourth-order valence-corrected chi connectivity index (χ4v) is 3.62. The number of likely N-dealkylation sites (N-methyl/N-ethyl adjacent to an activating group) is 1. The van der Waals surface area contributed by atoms with E-state index in [9.17, 15) is 0 Å². The maximum atomic E-state index is 3.58. The van der Waals surface area contributed by atoms with Gasteiger partial charge in [-0.25, -0.2) is 0 Å². The molecule has 102 valence electrons. The first kappa shape index (κ1) is 15.0. The molecule has 1 rings (SSSR count). The summed E-state index contributed by atoms with van der Waals surface area (Å²) in [5.74, 6) is 0.752. The van der Waals surface area contributed by atoms with Crippen LogP contribution in [0.1, 0.15) is 59.8 Å². The van der Waals surface area contributed by atoms with E-state index in [1.165, 1.54) is 45.2 Å². The van der Waals surface area contributed by atoms with E-state index in [4.69, 9.17) is 0 Å². The van der Waals surface area contributed by atoms with Gasteiger partial charge in [-0.05, 0) is 59.2 Å². The Bertz CT molecular complexity index is 207. The highest BCUT2D eigenvalue weighted by molar-refractivity contribution is 4.96. The molecule has 1 aliphatic rings. The molecule has 1 N–H and O–H groups in total. The molecule has 0 amide bonds. The van der Waals surface area contributed by atoms with Crippen LogP contribution in [0.25, 0.3) is 0 Å². The van der Waals surface area contributed by atoms with Crippen LogP contribution in [0.3, 0.4) is 0 Å². The summed E-state index contributed by atoms with van der Waals surface area (Å²) in [6, 6.07) is 0.598. The van der Waals surface area contributed by atoms with E-state index < -0.39 is 0 Å². The van der Waals surface area contributed by atoms with Crippen molar-refractivity contribution in [2.45, 2.75) is 71.4 Å². The van der Waals surface area contributed by atoms with Crippen molar-refractivity contribution in [3.63, 3.8) is 0 Å². The van der Waals surface area contributed by atoms with Gasteiger partial charge in [-0.2, -0.15) is 0 Å². The van der Waals surface area contributed by atoms with Gasteiger partial charge in [0.05, 0.1) is 0 Å². The molecule has 0 saturated carbocycles. The predicted molar refractivity (Wildman–Crippen MR) is 76.4 cm³/mol. The highest BCUT2D eigenvalue weighted by Gasteiger charge is 2.37. The average molecular weight is 240 g/mol. The van der Waals surface area contributed by atoms with E-state index in [-0.39, 0.29) is 5.54 Å². The number of likely N-dealkylation sites (tertiary alicyclic amines) is 1. The minimum atomic E-state index is 0.282. The van der Waals surface area contributed by atoms with E-state index in [2.05, 4.69) is 45.0 Å². The van der Waals surface area contributed by atoms with E-state index in [0.29, 0.717) is 6.04 Å². The number of nitrogens with one attached hydrogen (secondary N) is 1. The number of hydrogen-bond donors (Lipinski definition) is 1. The third-order valence-corrected chi connectivity index (χ3v) is 4.56. The van der Waals surface area contributed by atoms with Crippen LogP contribution < -0.4 is 5.32 Å². The average Bonchev–Trinajstić information content (AvgIpc) is 2.31. The third kappa shape index (κ3) is 3.69. The fraction of sp³-hybridized carbons (Fsp3) is 1.00. The lowest BCUT2D eigenvalue weighted by Gasteiger charge is -2.48. The van der Waals surface area contributed by atoms with Gasteiger partial charge in [0.15, 0.2) is 0 Å². The second kappa shape index (κ2) is 6.75. The summed E-state index contributed by atoms with van der Waals surface area (Å²) >= 11 is 0. The lowest BCUT2D eigenvalue weighted by molar-refractivity contribution is 0.0441. The van der Waals surface area contributed by atoms with Gasteiger partial charge in [-0.15, -0.1) is 0 Å². The Morgan fingerprint density at radius 2 is 1.76 bits per heavy atom. The molecular weight excluding hydrogens is 208 g/mol. The molecule has 2 nitrogen and oxygen atoms in total. The van der Waals surface area contributed by atoms with Gasteiger partial charge in [0, 0.05) is 11.6 Å². The topological polar surface area (TPSA) is 15.3 Å². The van der Waals surface area contributed by atoms with Crippen LogP contribution in [0.15, 0.2) is 0 Å². The highest BCUT2D eigenvalue weighted by Crippen LogP contribution is 2.29. The van der Waals surface area contributed by atoms with Crippen molar-refractivity contribution in [3.8, 4) is 0 Å². The van der Waals surface area contributed by atoms with E-state index in [1.54, 1.807) is 0 Å². The van der Waals surface area contributed by atoms with Gasteiger partial charge in [0.1, 0.15) is 0 Å². The maximum Gasteiger partial charge on any atom is 0.0308 e. The van der Waals surface area contributed by atoms with Crippen LogP contribution in [0.2, 0.25) is 0 Å². The normalized spacial score (nSPS) is 22.4. The molecule has 1 fully saturated rings. The third-order valence-electron chi connectivity index (χ3n) is 4.56. The van der Waals surface area contributed by atoms with Gasteiger partial charge in [0.25, 0.3) is 0 Å². The monoisotopic (exact) mass is 240 g/mol. The Hall–Kier alpha value is -0.0800. The largest absolute Gasteiger partial charge is 0.315 e. The summed E-state index contributed by atoms with van der Waals surface area (Å²) in [4.78, 5) is 2.70. The zero-order valence-corrected chi connectivity index (χ0v) is 12.6. The molecule has 1 heterocycles. The summed E-state index contributed by atoms with van der Waals surface area (Å²) in [6.07, 6.45) is 6.78. The van der Waals surface area contributed by atoms with Crippen LogP contribution in [0, 0.1) is 5.92 Å². The zero-order chi connectivity index (χ0) is 12.9. The predicted octanol–water partition coefficient (Wildman–Crippen LogP) is 3.28. The molecule has 1 aliphatic heterocycles. The highest BCUT2D eigenvalue weighted by atomic mass is 15.2. The quantitative estimate of drug-likeness (QED) is 0.766. The molecule has 0 aromatic heterocycles. The van der Waals surface area contributed by atoms with Crippen molar-refractivity contribution in [3.05, 3.63) is 0 Å². The minimum Gasteiger partial charge on any atom is -0.315 e. The lowest BCUT2D eigenvalue weighted by Crippen LogP contribution is -2.60. The molecule has 2 heteroatoms. The number of nitrogens with zero attached hydrogens (tertiary/aromatic N) is 1. The van der Waals surface area contributed by atoms with Crippen LogP contribution in [0.4, 0.5) is 0 Å². The molecule has 0 spiro atoms. The molecule has 0 bridgehead atoms. The second-order valence-electron chi connectivity index (χ2n) is 6.23. The molecule has 2 atom stereocenters. The van der Waals surface area contributed by atoms with Gasteiger partial charge in [-0.1, -0.05) is 26.7 Å². The lowest BCUT2D eigenvalue weighted by atomic mass is 9.81. The molecule has 0 aromatic carbocycles. The zero-order valence-electron chi connectivity index (χ0n) is 12.6. The standard InChI is InChI=1S/C15H32N2/c1-6-10-13(2)14(16-5)15(3,4)17-11-8-7-9-12-17/h13-14,16H,6-12H2,1-5H3. The Labute approximate surface area is 108 Å². The molecule has 0 aliphatic carbocycles. The van der Waals surface area contributed by atoms with Crippen LogP contribution in [-0.4, -0.2) is 36.6 Å². The summed E-state index contributed by atoms with van der Waals surface area (Å²) in [6.45, 7) is 12.1. The SMILES string of the molecule is CCCC(C)C(NC)C(C)(C)N1CCCCC1. The van der Waals surface area contributed by atoms with E-state index in [0.717, 1.165) is 5.92 Å². The Morgan fingerprint density at radius 3 is 2.24 bits per heavy atom. The van der Waals surface area contributed by atoms with Crippen molar-refractivity contribution in [2.75, 3.05) is 20.1 Å². The second-order valence-corrected chi connectivity index (χ2v) is 6.23. The first-order chi connectivity index (χ1) is 8.04. The van der Waals surface area contributed by atoms with Crippen molar-refractivity contribution >= 4 is 0 Å². The maximum absolute atomic E-state index is 3.58. The summed E-state index contributed by atoms with van der Waals surface area (Å²) < 4.78 is 0. The molecule has 17 heavy (non-hydrogen) atoms. The van der Waals surface area contributed by atoms with E-state index >= 15 is 0 Å². The summed E-state index contributed by atoms with van der Waals surface area (Å²) in [7, 11) is 2.13. The summed E-state index contributed by atoms with van der Waals surface area (Å²) in [5.41, 5.74) is 0.282. The Balaban J connectivity index is 2.69. The van der Waals surface area contributed by atoms with Crippen LogP contribution in [-0.2, 0) is 0 Å². The number of piperidine rings is 1. The van der Waals surface area contributed by atoms with Crippen molar-refractivity contribution in [1.29, 1.82) is 0 Å². The fourth-order valence-electron chi connectivity index (χ4n) is 3.62. The first-order valence-electron chi connectivity index (χ1n) is 7.46. The Kier molecular flexibility index (Phi) is 5.94. The van der Waals surface area contributed by atoms with Gasteiger partial charge >= 0.3 is 0 Å². The molecule has 2 unspecified atom stereocenters. The van der Waals surface area contributed by atoms with Crippen molar-refractivity contribution in [2.24, 2.45) is 5.92 Å². The van der Waals surface area contributed by atoms with Crippen LogP contribution >= 0.6 is 0 Å². The molecule has 1 saturated heterocycles. The smallest absolute Gasteiger partial charge is 0.0308 e. The molecular formula is C15H32N2. The first-order valence-corrected chi connectivity index (χ1v) is 7.46. The van der Waals surface area contributed by atoms with E-state index in [1.807, 2.05) is 0 Å². The molecule has 0 radical (unpaired) electrons. The van der Waals surface area contributed by atoms with Gasteiger partial charge in [0.2, 0.25) is 0 Å².